The van der Waals surface area contributed by atoms with Crippen LogP contribution in [0, 0.1) is 17.1 Å². The maximum atomic E-state index is 12.9. The molecule has 0 spiro atoms. The van der Waals surface area contributed by atoms with Gasteiger partial charge in [-0.1, -0.05) is 6.07 Å². The van der Waals surface area contributed by atoms with Crippen LogP contribution in [0.1, 0.15) is 11.1 Å². The van der Waals surface area contributed by atoms with E-state index < -0.39 is 11.8 Å². The second-order valence-corrected chi connectivity index (χ2v) is 2.50. The molecule has 0 saturated heterocycles. The molecule has 0 aliphatic carbocycles. The SMILES string of the molecule is N#Cc1ccc(CC(=O)O)cc1F. The van der Waals surface area contributed by atoms with Crippen molar-refractivity contribution < 1.29 is 14.3 Å². The van der Waals surface area contributed by atoms with Gasteiger partial charge in [0, 0.05) is 0 Å². The van der Waals surface area contributed by atoms with Gasteiger partial charge in [-0.25, -0.2) is 4.39 Å². The summed E-state index contributed by atoms with van der Waals surface area (Å²) in [5.74, 6) is -1.70. The van der Waals surface area contributed by atoms with Gasteiger partial charge in [-0.3, -0.25) is 4.79 Å². The molecule has 66 valence electrons. The minimum atomic E-state index is -1.02. The molecule has 1 N–H and O–H groups in total. The van der Waals surface area contributed by atoms with Crippen molar-refractivity contribution in [1.29, 1.82) is 5.26 Å². The molecule has 0 bridgehead atoms. The molecule has 0 saturated carbocycles. The zero-order chi connectivity index (χ0) is 9.84. The highest BCUT2D eigenvalue weighted by Crippen LogP contribution is 2.09. The first-order valence-electron chi connectivity index (χ1n) is 3.54. The molecule has 13 heavy (non-hydrogen) atoms. The lowest BCUT2D eigenvalue weighted by atomic mass is 10.1. The minimum absolute atomic E-state index is 0.0749. The fourth-order valence-electron chi connectivity index (χ4n) is 0.934. The maximum Gasteiger partial charge on any atom is 0.307 e. The summed E-state index contributed by atoms with van der Waals surface area (Å²) < 4.78 is 12.9. The molecule has 1 aromatic carbocycles. The number of hydrogen-bond donors (Lipinski definition) is 1. The van der Waals surface area contributed by atoms with Crippen molar-refractivity contribution in [2.24, 2.45) is 0 Å². The maximum absolute atomic E-state index is 12.9. The van der Waals surface area contributed by atoms with Crippen molar-refractivity contribution in [3.63, 3.8) is 0 Å². The first-order chi connectivity index (χ1) is 6.13. The summed E-state index contributed by atoms with van der Waals surface area (Å²) in [7, 11) is 0. The second-order valence-electron chi connectivity index (χ2n) is 2.50. The number of aliphatic carboxylic acids is 1. The molecule has 3 nitrogen and oxygen atoms in total. The predicted molar refractivity (Wildman–Crippen MR) is 42.5 cm³/mol. The van der Waals surface area contributed by atoms with E-state index in [0.717, 1.165) is 6.07 Å². The summed E-state index contributed by atoms with van der Waals surface area (Å²) in [5, 5.41) is 16.8. The largest absolute Gasteiger partial charge is 0.481 e. The van der Waals surface area contributed by atoms with Gasteiger partial charge in [0.15, 0.2) is 0 Å². The molecule has 4 heteroatoms. The predicted octanol–water partition coefficient (Wildman–Crippen LogP) is 1.32. The van der Waals surface area contributed by atoms with Crippen molar-refractivity contribution in [3.8, 4) is 6.07 Å². The fourth-order valence-corrected chi connectivity index (χ4v) is 0.934. The second kappa shape index (κ2) is 3.68. The lowest BCUT2D eigenvalue weighted by molar-refractivity contribution is -0.136. The van der Waals surface area contributed by atoms with Crippen molar-refractivity contribution in [2.45, 2.75) is 6.42 Å². The average molecular weight is 179 g/mol. The number of nitriles is 1. The zero-order valence-electron chi connectivity index (χ0n) is 6.62. The van der Waals surface area contributed by atoms with Gasteiger partial charge >= 0.3 is 5.97 Å². The standard InChI is InChI=1S/C9H6FNO2/c10-8-3-6(4-9(12)13)1-2-7(8)5-11/h1-3H,4H2,(H,12,13). The number of halogens is 1. The Labute approximate surface area is 74.0 Å². The first-order valence-corrected chi connectivity index (χ1v) is 3.54. The number of benzene rings is 1. The Kier molecular flexibility index (Phi) is 2.60. The van der Waals surface area contributed by atoms with Crippen LogP contribution < -0.4 is 0 Å². The highest BCUT2D eigenvalue weighted by Gasteiger charge is 2.05. The van der Waals surface area contributed by atoms with Crippen molar-refractivity contribution in [2.75, 3.05) is 0 Å². The van der Waals surface area contributed by atoms with E-state index in [1.165, 1.54) is 12.1 Å². The van der Waals surface area contributed by atoms with Crippen molar-refractivity contribution in [3.05, 3.63) is 35.1 Å². The fraction of sp³-hybridized carbons (Fsp3) is 0.111. The van der Waals surface area contributed by atoms with E-state index in [1.807, 2.05) is 0 Å². The quantitative estimate of drug-likeness (QED) is 0.744. The van der Waals surface area contributed by atoms with Crippen LogP contribution in [0.2, 0.25) is 0 Å². The van der Waals surface area contributed by atoms with Crippen LogP contribution in [-0.2, 0) is 11.2 Å². The molecule has 0 aliphatic rings. The molecule has 0 radical (unpaired) electrons. The average Bonchev–Trinajstić information content (AvgIpc) is 2.03. The van der Waals surface area contributed by atoms with E-state index in [4.69, 9.17) is 10.4 Å². The highest BCUT2D eigenvalue weighted by molar-refractivity contribution is 5.70. The van der Waals surface area contributed by atoms with Crippen LogP contribution in [0.15, 0.2) is 18.2 Å². The van der Waals surface area contributed by atoms with E-state index in [9.17, 15) is 9.18 Å². The monoisotopic (exact) mass is 179 g/mol. The van der Waals surface area contributed by atoms with E-state index in [-0.39, 0.29) is 12.0 Å². The summed E-state index contributed by atoms with van der Waals surface area (Å²) in [6.45, 7) is 0. The third kappa shape index (κ3) is 2.27. The third-order valence-electron chi connectivity index (χ3n) is 1.51. The van der Waals surface area contributed by atoms with Crippen LogP contribution in [-0.4, -0.2) is 11.1 Å². The van der Waals surface area contributed by atoms with E-state index >= 15 is 0 Å². The van der Waals surface area contributed by atoms with Gasteiger partial charge in [-0.2, -0.15) is 5.26 Å². The zero-order valence-corrected chi connectivity index (χ0v) is 6.62. The van der Waals surface area contributed by atoms with Crippen LogP contribution in [0.4, 0.5) is 4.39 Å². The topological polar surface area (TPSA) is 61.1 Å². The van der Waals surface area contributed by atoms with Gasteiger partial charge in [0.05, 0.1) is 12.0 Å². The number of carboxylic acid groups (broad SMARTS) is 1. The molecule has 0 atom stereocenters. The van der Waals surface area contributed by atoms with Gasteiger partial charge < -0.3 is 5.11 Å². The number of carboxylic acids is 1. The molecular formula is C9H6FNO2. The molecule has 0 amide bonds. The molecule has 0 unspecified atom stereocenters. The van der Waals surface area contributed by atoms with Gasteiger partial charge in [-0.15, -0.1) is 0 Å². The van der Waals surface area contributed by atoms with Gasteiger partial charge in [0.25, 0.3) is 0 Å². The summed E-state index contributed by atoms with van der Waals surface area (Å²) in [4.78, 5) is 10.2. The molecular weight excluding hydrogens is 173 g/mol. The van der Waals surface area contributed by atoms with Gasteiger partial charge in [0.1, 0.15) is 11.9 Å². The van der Waals surface area contributed by atoms with Crippen LogP contribution in [0.5, 0.6) is 0 Å². The normalized spacial score (nSPS) is 9.23. The number of carbonyl (C=O) groups is 1. The molecule has 0 fully saturated rings. The lowest BCUT2D eigenvalue weighted by Crippen LogP contribution is -2.00. The first kappa shape index (κ1) is 9.20. The highest BCUT2D eigenvalue weighted by atomic mass is 19.1. The summed E-state index contributed by atoms with van der Waals surface area (Å²) in [6, 6.07) is 5.41. The lowest BCUT2D eigenvalue weighted by Gasteiger charge is -1.97. The molecule has 1 aromatic rings. The Bertz CT molecular complexity index is 382. The van der Waals surface area contributed by atoms with E-state index in [0.29, 0.717) is 5.56 Å². The molecule has 1 rings (SSSR count). The van der Waals surface area contributed by atoms with E-state index in [1.54, 1.807) is 6.07 Å². The third-order valence-corrected chi connectivity index (χ3v) is 1.51. The Balaban J connectivity index is 2.97. The van der Waals surface area contributed by atoms with Crippen LogP contribution >= 0.6 is 0 Å². The number of hydrogen-bond acceptors (Lipinski definition) is 2. The Morgan fingerprint density at radius 3 is 2.77 bits per heavy atom. The summed E-state index contributed by atoms with van der Waals surface area (Å²) in [5.41, 5.74) is 0.276. The summed E-state index contributed by atoms with van der Waals surface area (Å²) >= 11 is 0. The molecule has 0 heterocycles. The Morgan fingerprint density at radius 2 is 2.31 bits per heavy atom. The van der Waals surface area contributed by atoms with Gasteiger partial charge in [-0.05, 0) is 17.7 Å². The van der Waals surface area contributed by atoms with Crippen molar-refractivity contribution in [1.82, 2.24) is 0 Å². The summed E-state index contributed by atoms with van der Waals surface area (Å²) in [6.07, 6.45) is -0.234. The Hall–Kier alpha value is -1.89. The number of nitrogens with zero attached hydrogens (tertiary/aromatic N) is 1. The minimum Gasteiger partial charge on any atom is -0.481 e. The molecule has 0 aliphatic heterocycles. The van der Waals surface area contributed by atoms with Crippen LogP contribution in [0.3, 0.4) is 0 Å². The van der Waals surface area contributed by atoms with Crippen molar-refractivity contribution >= 4 is 5.97 Å². The van der Waals surface area contributed by atoms with E-state index in [2.05, 4.69) is 0 Å². The van der Waals surface area contributed by atoms with Gasteiger partial charge in [0.2, 0.25) is 0 Å². The van der Waals surface area contributed by atoms with Crippen LogP contribution in [0.25, 0.3) is 0 Å². The molecule has 0 aromatic heterocycles. The smallest absolute Gasteiger partial charge is 0.307 e. The number of rotatable bonds is 2. The Morgan fingerprint density at radius 1 is 1.62 bits per heavy atom.